The number of para-hydroxylation sites is 1. The van der Waals surface area contributed by atoms with E-state index in [-0.39, 0.29) is 16.8 Å². The van der Waals surface area contributed by atoms with Gasteiger partial charge in [0, 0.05) is 0 Å². The molecule has 2 aromatic rings. The number of benzene rings is 2. The maximum absolute atomic E-state index is 14.6. The number of hydrogen-bond donors (Lipinski definition) is 2. The molecule has 0 aliphatic heterocycles. The molecule has 2 N–H and O–H groups in total. The Labute approximate surface area is 154 Å². The van der Waals surface area contributed by atoms with Crippen molar-refractivity contribution in [1.29, 1.82) is 5.26 Å². The summed E-state index contributed by atoms with van der Waals surface area (Å²) in [4.78, 5) is 11.2. The summed E-state index contributed by atoms with van der Waals surface area (Å²) >= 11 is 0. The highest BCUT2D eigenvalue weighted by atomic mass is 19.3. The van der Waals surface area contributed by atoms with E-state index in [1.54, 1.807) is 0 Å². The van der Waals surface area contributed by atoms with Gasteiger partial charge in [0.05, 0.1) is 25.5 Å². The maximum atomic E-state index is 14.6. The molecule has 0 heterocycles. The van der Waals surface area contributed by atoms with Gasteiger partial charge in [0.25, 0.3) is 0 Å². The van der Waals surface area contributed by atoms with E-state index in [1.165, 1.54) is 62.8 Å². The van der Waals surface area contributed by atoms with Crippen LogP contribution in [0.1, 0.15) is 15.9 Å². The van der Waals surface area contributed by atoms with Crippen molar-refractivity contribution < 1.29 is 28.2 Å². The largest absolute Gasteiger partial charge is 0.493 e. The molecule has 2 aromatic carbocycles. The molecular formula is C19H16F2N2O4. The predicted molar refractivity (Wildman–Crippen MR) is 95.1 cm³/mol. The SMILES string of the molecule is COc1ccc(C=C(C#N)C(F)(F)Nc2ccccc2C(=O)O)cc1OC. The number of hydrogen-bond acceptors (Lipinski definition) is 5. The van der Waals surface area contributed by atoms with E-state index in [9.17, 15) is 18.8 Å². The molecule has 0 saturated heterocycles. The van der Waals surface area contributed by atoms with E-state index in [1.807, 2.05) is 5.32 Å². The fourth-order valence-electron chi connectivity index (χ4n) is 2.32. The number of halogens is 2. The second-order valence-electron chi connectivity index (χ2n) is 5.33. The molecule has 8 heteroatoms. The van der Waals surface area contributed by atoms with Gasteiger partial charge in [-0.25, -0.2) is 4.79 Å². The van der Waals surface area contributed by atoms with Crippen molar-refractivity contribution >= 4 is 17.7 Å². The van der Waals surface area contributed by atoms with Crippen LogP contribution in [-0.4, -0.2) is 31.3 Å². The van der Waals surface area contributed by atoms with E-state index < -0.39 is 17.6 Å². The van der Waals surface area contributed by atoms with Gasteiger partial charge in [-0.1, -0.05) is 18.2 Å². The molecule has 0 atom stereocenters. The Morgan fingerprint density at radius 3 is 2.44 bits per heavy atom. The molecule has 0 aromatic heterocycles. The Morgan fingerprint density at radius 1 is 1.19 bits per heavy atom. The third kappa shape index (κ3) is 4.52. The lowest BCUT2D eigenvalue weighted by Crippen LogP contribution is -2.30. The van der Waals surface area contributed by atoms with Gasteiger partial charge in [-0.3, -0.25) is 0 Å². The Bertz CT molecular complexity index is 920. The minimum atomic E-state index is -3.80. The zero-order chi connectivity index (χ0) is 20.0. The first-order valence-corrected chi connectivity index (χ1v) is 7.65. The van der Waals surface area contributed by atoms with Crippen LogP contribution in [0.3, 0.4) is 0 Å². The molecule has 0 aliphatic rings. The number of rotatable bonds is 7. The number of alkyl halides is 2. The first-order valence-electron chi connectivity index (χ1n) is 7.65. The summed E-state index contributed by atoms with van der Waals surface area (Å²) in [5.74, 6) is -0.638. The predicted octanol–water partition coefficient (Wildman–Crippen LogP) is 4.01. The maximum Gasteiger partial charge on any atom is 0.360 e. The highest BCUT2D eigenvalue weighted by molar-refractivity contribution is 5.94. The smallest absolute Gasteiger partial charge is 0.360 e. The fourth-order valence-corrected chi connectivity index (χ4v) is 2.32. The van der Waals surface area contributed by atoms with E-state index >= 15 is 0 Å². The molecular weight excluding hydrogens is 358 g/mol. The van der Waals surface area contributed by atoms with E-state index in [4.69, 9.17) is 14.6 Å². The molecule has 27 heavy (non-hydrogen) atoms. The minimum Gasteiger partial charge on any atom is -0.493 e. The topological polar surface area (TPSA) is 91.6 Å². The highest BCUT2D eigenvalue weighted by Gasteiger charge is 2.35. The summed E-state index contributed by atoms with van der Waals surface area (Å²) in [7, 11) is 2.83. The third-order valence-electron chi connectivity index (χ3n) is 3.63. The molecule has 0 saturated carbocycles. The van der Waals surface area contributed by atoms with Crippen molar-refractivity contribution in [3.05, 3.63) is 59.2 Å². The number of anilines is 1. The Hall–Kier alpha value is -3.60. The van der Waals surface area contributed by atoms with Crippen molar-refractivity contribution in [3.63, 3.8) is 0 Å². The lowest BCUT2D eigenvalue weighted by Gasteiger charge is -2.19. The van der Waals surface area contributed by atoms with Gasteiger partial charge in [-0.15, -0.1) is 0 Å². The van der Waals surface area contributed by atoms with Gasteiger partial charge in [-0.05, 0) is 35.9 Å². The van der Waals surface area contributed by atoms with Gasteiger partial charge >= 0.3 is 12.0 Å². The van der Waals surface area contributed by atoms with Gasteiger partial charge in [0.2, 0.25) is 0 Å². The first kappa shape index (κ1) is 19.7. The molecule has 140 valence electrons. The average molecular weight is 374 g/mol. The van der Waals surface area contributed by atoms with Crippen LogP contribution in [0.4, 0.5) is 14.5 Å². The van der Waals surface area contributed by atoms with Crippen molar-refractivity contribution in [3.8, 4) is 17.6 Å². The van der Waals surface area contributed by atoms with E-state index in [0.29, 0.717) is 11.5 Å². The monoisotopic (exact) mass is 374 g/mol. The van der Waals surface area contributed by atoms with Crippen LogP contribution in [0.5, 0.6) is 11.5 Å². The molecule has 6 nitrogen and oxygen atoms in total. The number of carbonyl (C=O) groups is 1. The number of carboxylic acids is 1. The van der Waals surface area contributed by atoms with Crippen LogP contribution in [0.2, 0.25) is 0 Å². The van der Waals surface area contributed by atoms with Gasteiger partial charge in [0.1, 0.15) is 11.6 Å². The van der Waals surface area contributed by atoms with Crippen LogP contribution >= 0.6 is 0 Å². The molecule has 0 aliphatic carbocycles. The second-order valence-corrected chi connectivity index (χ2v) is 5.33. The number of nitriles is 1. The molecule has 0 bridgehead atoms. The Morgan fingerprint density at radius 2 is 1.85 bits per heavy atom. The third-order valence-corrected chi connectivity index (χ3v) is 3.63. The summed E-state index contributed by atoms with van der Waals surface area (Å²) in [6.45, 7) is 0. The van der Waals surface area contributed by atoms with Gasteiger partial charge in [-0.2, -0.15) is 14.0 Å². The zero-order valence-corrected chi connectivity index (χ0v) is 14.5. The van der Waals surface area contributed by atoms with Crippen LogP contribution in [0.25, 0.3) is 6.08 Å². The van der Waals surface area contributed by atoms with Crippen molar-refractivity contribution in [2.24, 2.45) is 0 Å². The first-order chi connectivity index (χ1) is 12.8. The lowest BCUT2D eigenvalue weighted by molar-refractivity contribution is 0.0693. The number of nitrogens with one attached hydrogen (secondary N) is 1. The van der Waals surface area contributed by atoms with Crippen molar-refractivity contribution in [2.75, 3.05) is 19.5 Å². The van der Waals surface area contributed by atoms with Crippen LogP contribution in [0, 0.1) is 11.3 Å². The average Bonchev–Trinajstić information content (AvgIpc) is 2.65. The summed E-state index contributed by atoms with van der Waals surface area (Å²) < 4.78 is 39.3. The number of methoxy groups -OCH3 is 2. The molecule has 0 unspecified atom stereocenters. The number of carboxylic acid groups (broad SMARTS) is 1. The number of nitrogens with zero attached hydrogens (tertiary/aromatic N) is 1. The van der Waals surface area contributed by atoms with Crippen LogP contribution in [-0.2, 0) is 0 Å². The summed E-state index contributed by atoms with van der Waals surface area (Å²) in [5.41, 5.74) is -1.24. The molecule has 0 amide bonds. The second kappa shape index (κ2) is 8.19. The summed E-state index contributed by atoms with van der Waals surface area (Å²) in [5, 5.41) is 20.1. The molecule has 0 spiro atoms. The summed E-state index contributed by atoms with van der Waals surface area (Å²) in [6.07, 6.45) is 0.984. The number of aromatic carboxylic acids is 1. The normalized spacial score (nSPS) is 11.4. The van der Waals surface area contributed by atoms with Crippen molar-refractivity contribution in [2.45, 2.75) is 6.05 Å². The quantitative estimate of drug-likeness (QED) is 0.562. The fraction of sp³-hybridized carbons (Fsp3) is 0.158. The Kier molecular flexibility index (Phi) is 5.98. The van der Waals surface area contributed by atoms with Gasteiger partial charge in [0.15, 0.2) is 11.5 Å². The minimum absolute atomic E-state index is 0.289. The molecule has 0 radical (unpaired) electrons. The Balaban J connectivity index is 2.40. The van der Waals surface area contributed by atoms with Crippen molar-refractivity contribution in [1.82, 2.24) is 0 Å². The lowest BCUT2D eigenvalue weighted by atomic mass is 10.1. The molecule has 2 rings (SSSR count). The summed E-state index contributed by atoms with van der Waals surface area (Å²) in [6, 6.07) is 7.31. The van der Waals surface area contributed by atoms with E-state index in [2.05, 4.69) is 0 Å². The highest BCUT2D eigenvalue weighted by Crippen LogP contribution is 2.32. The molecule has 0 fully saturated rings. The van der Waals surface area contributed by atoms with Crippen LogP contribution < -0.4 is 14.8 Å². The van der Waals surface area contributed by atoms with E-state index in [0.717, 1.165) is 6.08 Å². The van der Waals surface area contributed by atoms with Crippen LogP contribution in [0.15, 0.2) is 48.0 Å². The van der Waals surface area contributed by atoms with Gasteiger partial charge < -0.3 is 19.9 Å². The number of ether oxygens (including phenoxy) is 2. The standard InChI is InChI=1S/C19H16F2N2O4/c1-26-16-8-7-12(10-17(16)27-2)9-13(11-22)19(20,21)23-15-6-4-3-5-14(15)18(24)25/h3-10,23H,1-2H3,(H,24,25). The zero-order valence-electron chi connectivity index (χ0n) is 14.5.